The van der Waals surface area contributed by atoms with Crippen LogP contribution in [0.1, 0.15) is 52.5 Å². The average Bonchev–Trinajstić information content (AvgIpc) is 2.35. The van der Waals surface area contributed by atoms with E-state index in [9.17, 15) is 4.39 Å². The summed E-state index contributed by atoms with van der Waals surface area (Å²) in [5.41, 5.74) is 1.23. The summed E-state index contributed by atoms with van der Waals surface area (Å²) in [6, 6.07) is 7.37. The Hall–Kier alpha value is -0.890. The van der Waals surface area contributed by atoms with Crippen LogP contribution in [0.15, 0.2) is 24.3 Å². The van der Waals surface area contributed by atoms with Crippen LogP contribution < -0.4 is 5.32 Å². The van der Waals surface area contributed by atoms with E-state index in [2.05, 4.69) is 33.0 Å². The van der Waals surface area contributed by atoms with Gasteiger partial charge in [-0.1, -0.05) is 46.2 Å². The first-order chi connectivity index (χ1) is 8.52. The van der Waals surface area contributed by atoms with Gasteiger partial charge in [0.05, 0.1) is 0 Å². The summed E-state index contributed by atoms with van der Waals surface area (Å²) in [5, 5.41) is 3.63. The summed E-state index contributed by atoms with van der Waals surface area (Å²) in [6.45, 7) is 9.91. The Kier molecular flexibility index (Phi) is 5.80. The van der Waals surface area contributed by atoms with E-state index in [0.29, 0.717) is 6.04 Å². The van der Waals surface area contributed by atoms with E-state index in [1.165, 1.54) is 5.56 Å². The van der Waals surface area contributed by atoms with Crippen LogP contribution in [0.2, 0.25) is 0 Å². The number of halogens is 1. The zero-order valence-corrected chi connectivity index (χ0v) is 12.1. The molecule has 1 nitrogen and oxygen atoms in total. The Morgan fingerprint density at radius 2 is 1.72 bits per heavy atom. The maximum atomic E-state index is 13.0. The predicted molar refractivity (Wildman–Crippen MR) is 76.4 cm³/mol. The summed E-state index contributed by atoms with van der Waals surface area (Å²) >= 11 is 0. The first-order valence-corrected chi connectivity index (χ1v) is 7.01. The van der Waals surface area contributed by atoms with E-state index in [1.807, 2.05) is 12.1 Å². The molecule has 0 aliphatic heterocycles. The molecule has 1 unspecified atom stereocenters. The van der Waals surface area contributed by atoms with Gasteiger partial charge in [-0.05, 0) is 37.1 Å². The van der Waals surface area contributed by atoms with Crippen molar-refractivity contribution >= 4 is 0 Å². The standard InChI is InChI=1S/C16H26FN/c1-5-7-15(18-12-6-2)16(3,4)13-8-10-14(17)11-9-13/h8-11,15,18H,5-7,12H2,1-4H3. The average molecular weight is 251 g/mol. The van der Waals surface area contributed by atoms with Crippen molar-refractivity contribution in [3.05, 3.63) is 35.6 Å². The van der Waals surface area contributed by atoms with Crippen molar-refractivity contribution < 1.29 is 4.39 Å². The molecule has 102 valence electrons. The van der Waals surface area contributed by atoms with Crippen molar-refractivity contribution in [2.75, 3.05) is 6.54 Å². The van der Waals surface area contributed by atoms with Crippen LogP contribution in [0.3, 0.4) is 0 Å². The smallest absolute Gasteiger partial charge is 0.123 e. The molecule has 1 rings (SSSR count). The summed E-state index contributed by atoms with van der Waals surface area (Å²) in [6.07, 6.45) is 3.44. The molecule has 0 saturated heterocycles. The second-order valence-corrected chi connectivity index (χ2v) is 5.52. The van der Waals surface area contributed by atoms with Gasteiger partial charge in [-0.2, -0.15) is 0 Å². The van der Waals surface area contributed by atoms with E-state index in [0.717, 1.165) is 25.8 Å². The highest BCUT2D eigenvalue weighted by atomic mass is 19.1. The fraction of sp³-hybridized carbons (Fsp3) is 0.625. The van der Waals surface area contributed by atoms with E-state index in [1.54, 1.807) is 12.1 Å². The quantitative estimate of drug-likeness (QED) is 0.763. The Morgan fingerprint density at radius 1 is 1.11 bits per heavy atom. The van der Waals surface area contributed by atoms with E-state index in [4.69, 9.17) is 0 Å². The number of rotatable bonds is 7. The van der Waals surface area contributed by atoms with Gasteiger partial charge in [-0.15, -0.1) is 0 Å². The van der Waals surface area contributed by atoms with E-state index >= 15 is 0 Å². The minimum atomic E-state index is -0.164. The molecule has 2 heteroatoms. The van der Waals surface area contributed by atoms with Crippen LogP contribution >= 0.6 is 0 Å². The third-order valence-electron chi connectivity index (χ3n) is 3.68. The molecule has 0 aromatic heterocycles. The molecule has 0 bridgehead atoms. The summed E-state index contributed by atoms with van der Waals surface area (Å²) < 4.78 is 13.0. The third-order valence-corrected chi connectivity index (χ3v) is 3.68. The van der Waals surface area contributed by atoms with Crippen LogP contribution in [0.25, 0.3) is 0 Å². The molecule has 1 atom stereocenters. The zero-order valence-electron chi connectivity index (χ0n) is 12.1. The highest BCUT2D eigenvalue weighted by molar-refractivity contribution is 5.26. The maximum absolute atomic E-state index is 13.0. The predicted octanol–water partition coefficient (Wildman–Crippen LogP) is 4.27. The summed E-state index contributed by atoms with van der Waals surface area (Å²) in [5.74, 6) is -0.164. The number of hydrogen-bond acceptors (Lipinski definition) is 1. The fourth-order valence-electron chi connectivity index (χ4n) is 2.41. The Balaban J connectivity index is 2.88. The van der Waals surface area contributed by atoms with Gasteiger partial charge in [0.15, 0.2) is 0 Å². The normalized spacial score (nSPS) is 13.6. The second-order valence-electron chi connectivity index (χ2n) is 5.52. The van der Waals surface area contributed by atoms with Gasteiger partial charge in [0.1, 0.15) is 5.82 Å². The molecule has 0 aliphatic rings. The van der Waals surface area contributed by atoms with Crippen LogP contribution in [-0.4, -0.2) is 12.6 Å². The summed E-state index contributed by atoms with van der Waals surface area (Å²) in [4.78, 5) is 0. The van der Waals surface area contributed by atoms with Crippen molar-refractivity contribution in [2.24, 2.45) is 0 Å². The minimum absolute atomic E-state index is 0.0267. The molecular formula is C16H26FN. The number of nitrogens with one attached hydrogen (secondary N) is 1. The maximum Gasteiger partial charge on any atom is 0.123 e. The lowest BCUT2D eigenvalue weighted by Gasteiger charge is -2.36. The Bertz CT molecular complexity index is 343. The molecule has 0 aliphatic carbocycles. The lowest BCUT2D eigenvalue weighted by molar-refractivity contribution is 0.320. The largest absolute Gasteiger partial charge is 0.313 e. The molecular weight excluding hydrogens is 225 g/mol. The van der Waals surface area contributed by atoms with Crippen molar-refractivity contribution in [2.45, 2.75) is 58.4 Å². The fourth-order valence-corrected chi connectivity index (χ4v) is 2.41. The van der Waals surface area contributed by atoms with Crippen molar-refractivity contribution in [1.29, 1.82) is 0 Å². The van der Waals surface area contributed by atoms with Gasteiger partial charge in [-0.25, -0.2) is 4.39 Å². The SMILES string of the molecule is CCCNC(CCC)C(C)(C)c1ccc(F)cc1. The van der Waals surface area contributed by atoms with Gasteiger partial charge in [0, 0.05) is 11.5 Å². The monoisotopic (exact) mass is 251 g/mol. The van der Waals surface area contributed by atoms with Crippen LogP contribution in [-0.2, 0) is 5.41 Å². The molecule has 0 amide bonds. The molecule has 0 saturated carbocycles. The van der Waals surface area contributed by atoms with Crippen LogP contribution in [0, 0.1) is 5.82 Å². The molecule has 0 spiro atoms. The van der Waals surface area contributed by atoms with Gasteiger partial charge < -0.3 is 5.32 Å². The second kappa shape index (κ2) is 6.89. The lowest BCUT2D eigenvalue weighted by Crippen LogP contribution is -2.45. The first-order valence-electron chi connectivity index (χ1n) is 7.01. The Morgan fingerprint density at radius 3 is 2.22 bits per heavy atom. The van der Waals surface area contributed by atoms with Gasteiger partial charge in [-0.3, -0.25) is 0 Å². The minimum Gasteiger partial charge on any atom is -0.313 e. The van der Waals surface area contributed by atoms with E-state index in [-0.39, 0.29) is 11.2 Å². The lowest BCUT2D eigenvalue weighted by atomic mass is 9.76. The molecule has 0 fully saturated rings. The highest BCUT2D eigenvalue weighted by Crippen LogP contribution is 2.29. The van der Waals surface area contributed by atoms with E-state index < -0.39 is 0 Å². The number of benzene rings is 1. The van der Waals surface area contributed by atoms with Gasteiger partial charge in [0.2, 0.25) is 0 Å². The molecule has 18 heavy (non-hydrogen) atoms. The molecule has 1 aromatic rings. The zero-order chi connectivity index (χ0) is 13.6. The molecule has 0 heterocycles. The number of hydrogen-bond donors (Lipinski definition) is 1. The summed E-state index contributed by atoms with van der Waals surface area (Å²) in [7, 11) is 0. The topological polar surface area (TPSA) is 12.0 Å². The molecule has 0 radical (unpaired) electrons. The van der Waals surface area contributed by atoms with Crippen molar-refractivity contribution in [1.82, 2.24) is 5.32 Å². The van der Waals surface area contributed by atoms with Crippen molar-refractivity contribution in [3.8, 4) is 0 Å². The van der Waals surface area contributed by atoms with Crippen molar-refractivity contribution in [3.63, 3.8) is 0 Å². The van der Waals surface area contributed by atoms with Crippen LogP contribution in [0.5, 0.6) is 0 Å². The van der Waals surface area contributed by atoms with Gasteiger partial charge in [0.25, 0.3) is 0 Å². The Labute approximate surface area is 111 Å². The highest BCUT2D eigenvalue weighted by Gasteiger charge is 2.30. The first kappa shape index (κ1) is 15.2. The van der Waals surface area contributed by atoms with Gasteiger partial charge >= 0.3 is 0 Å². The van der Waals surface area contributed by atoms with Crippen LogP contribution in [0.4, 0.5) is 4.39 Å². The molecule has 1 aromatic carbocycles. The third kappa shape index (κ3) is 3.81. The molecule has 1 N–H and O–H groups in total.